The average molecular weight is 359 g/mol. The Hall–Kier alpha value is -0.850. The Morgan fingerprint density at radius 3 is 2.86 bits per heavy atom. The van der Waals surface area contributed by atoms with E-state index in [2.05, 4.69) is 9.88 Å². The largest absolute Gasteiger partial charge is 0.492 e. The number of aromatic nitrogens is 1. The minimum atomic E-state index is 0.0642. The van der Waals surface area contributed by atoms with Crippen molar-refractivity contribution in [3.63, 3.8) is 0 Å². The molecular weight excluding hydrogens is 343 g/mol. The Labute approximate surface area is 143 Å². The van der Waals surface area contributed by atoms with E-state index in [-0.39, 0.29) is 6.10 Å². The summed E-state index contributed by atoms with van der Waals surface area (Å²) >= 11 is 13.5. The number of hydrogen-bond acceptors (Lipinski definition) is 5. The van der Waals surface area contributed by atoms with Gasteiger partial charge in [0.2, 0.25) is 0 Å². The second-order valence-corrected chi connectivity index (χ2v) is 6.78. The molecular formula is C15H16Cl2N2O2S. The van der Waals surface area contributed by atoms with Crippen molar-refractivity contribution in [1.29, 1.82) is 0 Å². The van der Waals surface area contributed by atoms with Gasteiger partial charge in [-0.1, -0.05) is 23.2 Å². The van der Waals surface area contributed by atoms with Crippen molar-refractivity contribution >= 4 is 34.5 Å². The van der Waals surface area contributed by atoms with Crippen molar-refractivity contribution in [2.75, 3.05) is 32.8 Å². The molecule has 1 atom stereocenters. The Balaban J connectivity index is 1.49. The highest BCUT2D eigenvalue weighted by atomic mass is 35.5. The predicted molar refractivity (Wildman–Crippen MR) is 89.2 cm³/mol. The number of hydrogen-bond donors (Lipinski definition) is 0. The predicted octanol–water partition coefficient (Wildman–Crippen LogP) is 3.90. The Morgan fingerprint density at radius 1 is 1.32 bits per heavy atom. The summed E-state index contributed by atoms with van der Waals surface area (Å²) in [4.78, 5) is 6.65. The second-order valence-electron chi connectivity index (χ2n) is 4.98. The normalized spacial score (nSPS) is 19.3. The molecule has 2 heterocycles. The zero-order valence-corrected chi connectivity index (χ0v) is 14.2. The molecule has 0 spiro atoms. The molecule has 118 valence electrons. The molecule has 1 fully saturated rings. The molecule has 1 aliphatic heterocycles. The third kappa shape index (κ3) is 4.33. The lowest BCUT2D eigenvalue weighted by Crippen LogP contribution is -2.40. The first kappa shape index (κ1) is 16.0. The van der Waals surface area contributed by atoms with Gasteiger partial charge in [0.05, 0.1) is 6.61 Å². The van der Waals surface area contributed by atoms with Gasteiger partial charge in [0, 0.05) is 41.3 Å². The fourth-order valence-corrected chi connectivity index (χ4v) is 3.54. The van der Waals surface area contributed by atoms with E-state index >= 15 is 0 Å². The molecule has 3 rings (SSSR count). The zero-order valence-electron chi connectivity index (χ0n) is 11.9. The standard InChI is InChI=1S/C15H16Cl2N2O2S/c16-11-7-12(17)9-13(8-11)20-4-2-19-3-5-21-14(10-19)15-18-1-6-22-15/h1,6-9,14H,2-5,10H2. The van der Waals surface area contributed by atoms with E-state index in [1.54, 1.807) is 29.5 Å². The molecule has 0 bridgehead atoms. The SMILES string of the molecule is Clc1cc(Cl)cc(OCCN2CCOC(c3nccs3)C2)c1. The number of nitrogens with zero attached hydrogens (tertiary/aromatic N) is 2. The van der Waals surface area contributed by atoms with Crippen LogP contribution in [0.2, 0.25) is 10.0 Å². The van der Waals surface area contributed by atoms with Crippen molar-refractivity contribution in [2.45, 2.75) is 6.10 Å². The van der Waals surface area contributed by atoms with E-state index < -0.39 is 0 Å². The molecule has 0 saturated carbocycles. The van der Waals surface area contributed by atoms with Crippen LogP contribution in [0.5, 0.6) is 5.75 Å². The van der Waals surface area contributed by atoms with E-state index in [0.29, 0.717) is 29.0 Å². The summed E-state index contributed by atoms with van der Waals surface area (Å²) in [6.45, 7) is 3.87. The highest BCUT2D eigenvalue weighted by molar-refractivity contribution is 7.09. The molecule has 1 aliphatic rings. The summed E-state index contributed by atoms with van der Waals surface area (Å²) in [7, 11) is 0. The summed E-state index contributed by atoms with van der Waals surface area (Å²) < 4.78 is 11.5. The van der Waals surface area contributed by atoms with Crippen LogP contribution < -0.4 is 4.74 Å². The number of rotatable bonds is 5. The lowest BCUT2D eigenvalue weighted by Gasteiger charge is -2.31. The van der Waals surface area contributed by atoms with E-state index in [1.165, 1.54) is 0 Å². The number of halogens is 2. The maximum absolute atomic E-state index is 5.96. The van der Waals surface area contributed by atoms with E-state index in [9.17, 15) is 0 Å². The molecule has 2 aromatic rings. The van der Waals surface area contributed by atoms with Crippen molar-refractivity contribution in [3.8, 4) is 5.75 Å². The van der Waals surface area contributed by atoms with Crippen LogP contribution in [0.1, 0.15) is 11.1 Å². The van der Waals surface area contributed by atoms with Crippen LogP contribution in [0.3, 0.4) is 0 Å². The molecule has 0 N–H and O–H groups in total. The summed E-state index contributed by atoms with van der Waals surface area (Å²) in [6.07, 6.45) is 1.88. The highest BCUT2D eigenvalue weighted by Crippen LogP contribution is 2.25. The van der Waals surface area contributed by atoms with Gasteiger partial charge in [0.1, 0.15) is 23.5 Å². The fourth-order valence-electron chi connectivity index (χ4n) is 2.35. The smallest absolute Gasteiger partial charge is 0.123 e. The van der Waals surface area contributed by atoms with Gasteiger partial charge in [-0.15, -0.1) is 11.3 Å². The molecule has 4 nitrogen and oxygen atoms in total. The fraction of sp³-hybridized carbons (Fsp3) is 0.400. The average Bonchev–Trinajstić information content (AvgIpc) is 3.01. The van der Waals surface area contributed by atoms with Crippen molar-refractivity contribution in [3.05, 3.63) is 44.8 Å². The minimum absolute atomic E-state index is 0.0642. The molecule has 1 aromatic heterocycles. The van der Waals surface area contributed by atoms with Crippen LogP contribution in [-0.2, 0) is 4.74 Å². The van der Waals surface area contributed by atoms with Gasteiger partial charge in [-0.05, 0) is 18.2 Å². The Kier molecular flexibility index (Phi) is 5.55. The van der Waals surface area contributed by atoms with Crippen molar-refractivity contribution in [2.24, 2.45) is 0 Å². The van der Waals surface area contributed by atoms with Gasteiger partial charge < -0.3 is 9.47 Å². The van der Waals surface area contributed by atoms with Crippen molar-refractivity contribution in [1.82, 2.24) is 9.88 Å². The molecule has 1 unspecified atom stereocenters. The summed E-state index contributed by atoms with van der Waals surface area (Å²) in [5.41, 5.74) is 0. The molecule has 0 amide bonds. The molecule has 0 aliphatic carbocycles. The van der Waals surface area contributed by atoms with Crippen LogP contribution in [0, 0.1) is 0 Å². The van der Waals surface area contributed by atoms with Gasteiger partial charge >= 0.3 is 0 Å². The summed E-state index contributed by atoms with van der Waals surface area (Å²) in [6, 6.07) is 5.23. The van der Waals surface area contributed by atoms with Crippen LogP contribution in [-0.4, -0.2) is 42.7 Å². The third-order valence-electron chi connectivity index (χ3n) is 3.39. The first-order valence-electron chi connectivity index (χ1n) is 7.03. The highest BCUT2D eigenvalue weighted by Gasteiger charge is 2.23. The minimum Gasteiger partial charge on any atom is -0.492 e. The van der Waals surface area contributed by atoms with E-state index in [0.717, 1.165) is 24.6 Å². The summed E-state index contributed by atoms with van der Waals surface area (Å²) in [5, 5.41) is 4.17. The second kappa shape index (κ2) is 7.62. The first-order valence-corrected chi connectivity index (χ1v) is 8.66. The van der Waals surface area contributed by atoms with Gasteiger partial charge in [0.15, 0.2) is 0 Å². The number of ether oxygens (including phenoxy) is 2. The van der Waals surface area contributed by atoms with Crippen LogP contribution in [0.4, 0.5) is 0 Å². The van der Waals surface area contributed by atoms with Crippen LogP contribution >= 0.6 is 34.5 Å². The number of morpholine rings is 1. The topological polar surface area (TPSA) is 34.6 Å². The Morgan fingerprint density at radius 2 is 2.14 bits per heavy atom. The van der Waals surface area contributed by atoms with Crippen molar-refractivity contribution < 1.29 is 9.47 Å². The number of thiazole rings is 1. The molecule has 1 aromatic carbocycles. The molecule has 0 radical (unpaired) electrons. The van der Waals surface area contributed by atoms with Crippen LogP contribution in [0.25, 0.3) is 0 Å². The van der Waals surface area contributed by atoms with Gasteiger partial charge in [-0.3, -0.25) is 4.90 Å². The number of benzene rings is 1. The first-order chi connectivity index (χ1) is 10.7. The van der Waals surface area contributed by atoms with Crippen LogP contribution in [0.15, 0.2) is 29.8 Å². The molecule has 22 heavy (non-hydrogen) atoms. The maximum Gasteiger partial charge on any atom is 0.123 e. The Bertz CT molecular complexity index is 589. The monoisotopic (exact) mass is 358 g/mol. The van der Waals surface area contributed by atoms with Gasteiger partial charge in [0.25, 0.3) is 0 Å². The van der Waals surface area contributed by atoms with E-state index in [4.69, 9.17) is 32.7 Å². The lowest BCUT2D eigenvalue weighted by molar-refractivity contribution is -0.0329. The zero-order chi connectivity index (χ0) is 15.4. The molecule has 1 saturated heterocycles. The quantitative estimate of drug-likeness (QED) is 0.811. The third-order valence-corrected chi connectivity index (χ3v) is 4.69. The van der Waals surface area contributed by atoms with Gasteiger partial charge in [-0.25, -0.2) is 4.98 Å². The lowest BCUT2D eigenvalue weighted by atomic mass is 10.3. The summed E-state index contributed by atoms with van der Waals surface area (Å²) in [5.74, 6) is 0.697. The van der Waals surface area contributed by atoms with E-state index in [1.807, 2.05) is 11.6 Å². The van der Waals surface area contributed by atoms with Gasteiger partial charge in [-0.2, -0.15) is 0 Å². The molecule has 7 heteroatoms. The maximum atomic E-state index is 5.96.